The molecule has 0 bridgehead atoms. The van der Waals surface area contributed by atoms with Gasteiger partial charge in [0.1, 0.15) is 0 Å². The first kappa shape index (κ1) is 19.4. The zero-order chi connectivity index (χ0) is 19.4. The van der Waals surface area contributed by atoms with Gasteiger partial charge in [-0.15, -0.1) is 0 Å². The second-order valence-electron chi connectivity index (χ2n) is 6.96. The van der Waals surface area contributed by atoms with Crippen LogP contribution in [0, 0.1) is 0 Å². The quantitative estimate of drug-likeness (QED) is 0.767. The van der Waals surface area contributed by atoms with Crippen LogP contribution in [0.25, 0.3) is 0 Å². The molecule has 1 amide bonds. The molecule has 9 heteroatoms. The number of hydrogen-bond acceptors (Lipinski definition) is 7. The summed E-state index contributed by atoms with van der Waals surface area (Å²) in [5.41, 5.74) is 0.566. The Morgan fingerprint density at radius 2 is 1.85 bits per heavy atom. The Balaban J connectivity index is 1.60. The highest BCUT2D eigenvalue weighted by Crippen LogP contribution is 2.29. The third-order valence-electron chi connectivity index (χ3n) is 4.37. The maximum Gasteiger partial charge on any atom is 0.305 e. The van der Waals surface area contributed by atoms with E-state index in [1.807, 2.05) is 11.1 Å². The number of likely N-dealkylation sites (N-methyl/N-ethyl adjacent to an activating group) is 1. The fourth-order valence-electron chi connectivity index (χ4n) is 2.60. The van der Waals surface area contributed by atoms with Gasteiger partial charge in [-0.05, 0) is 20.9 Å². The zero-order valence-corrected chi connectivity index (χ0v) is 16.5. The molecule has 1 aliphatic rings. The SMILES string of the molecule is CN1CCN([n+]2cc(NC(=O)C(C)(C)SC(=O)c3ccccc3)on2)CC1. The van der Waals surface area contributed by atoms with Crippen LogP contribution >= 0.6 is 11.8 Å². The molecule has 144 valence electrons. The van der Waals surface area contributed by atoms with Crippen molar-refractivity contribution in [2.24, 2.45) is 0 Å². The lowest BCUT2D eigenvalue weighted by molar-refractivity contribution is -0.759. The minimum absolute atomic E-state index is 0.152. The number of amides is 1. The van der Waals surface area contributed by atoms with E-state index < -0.39 is 4.75 Å². The van der Waals surface area contributed by atoms with Crippen molar-refractivity contribution >= 4 is 28.7 Å². The Morgan fingerprint density at radius 1 is 1.19 bits per heavy atom. The molecular formula is C18H24N5O3S+. The molecule has 0 spiro atoms. The number of nitrogens with one attached hydrogen (secondary N) is 1. The number of aromatic nitrogens is 2. The molecule has 2 heterocycles. The first-order valence-corrected chi connectivity index (χ1v) is 9.59. The second-order valence-corrected chi connectivity index (χ2v) is 8.56. The number of benzene rings is 1. The zero-order valence-electron chi connectivity index (χ0n) is 15.7. The van der Waals surface area contributed by atoms with E-state index in [0.29, 0.717) is 5.56 Å². The summed E-state index contributed by atoms with van der Waals surface area (Å²) in [7, 11) is 2.08. The smallest absolute Gasteiger partial charge is 0.302 e. The number of nitrogens with zero attached hydrogens (tertiary/aromatic N) is 4. The third-order valence-corrected chi connectivity index (χ3v) is 5.48. The molecule has 3 rings (SSSR count). The Hall–Kier alpha value is -2.39. The highest BCUT2D eigenvalue weighted by Gasteiger charge is 2.34. The number of piperazine rings is 1. The average Bonchev–Trinajstić information content (AvgIpc) is 3.11. The van der Waals surface area contributed by atoms with Gasteiger partial charge < -0.3 is 4.90 Å². The summed E-state index contributed by atoms with van der Waals surface area (Å²) in [5.74, 6) is -0.0711. The minimum atomic E-state index is -0.960. The molecule has 27 heavy (non-hydrogen) atoms. The molecular weight excluding hydrogens is 366 g/mol. The van der Waals surface area contributed by atoms with Gasteiger partial charge in [-0.25, -0.2) is 0 Å². The fourth-order valence-corrected chi connectivity index (χ4v) is 3.46. The second kappa shape index (κ2) is 8.10. The van der Waals surface area contributed by atoms with Gasteiger partial charge in [0.2, 0.25) is 16.3 Å². The van der Waals surface area contributed by atoms with Crippen LogP contribution in [0.4, 0.5) is 5.88 Å². The van der Waals surface area contributed by atoms with Crippen molar-refractivity contribution < 1.29 is 18.9 Å². The molecule has 1 aliphatic heterocycles. The van der Waals surface area contributed by atoms with E-state index in [2.05, 4.69) is 22.5 Å². The Morgan fingerprint density at radius 3 is 2.52 bits per heavy atom. The maximum atomic E-state index is 12.6. The molecule has 1 aromatic heterocycles. The van der Waals surface area contributed by atoms with E-state index in [-0.39, 0.29) is 16.9 Å². The topological polar surface area (TPSA) is 82.6 Å². The lowest BCUT2D eigenvalue weighted by Gasteiger charge is -2.26. The normalized spacial score (nSPS) is 15.6. The predicted molar refractivity (Wildman–Crippen MR) is 103 cm³/mol. The van der Waals surface area contributed by atoms with Crippen LogP contribution in [0.1, 0.15) is 24.2 Å². The van der Waals surface area contributed by atoms with Gasteiger partial charge >= 0.3 is 5.88 Å². The van der Waals surface area contributed by atoms with Crippen LogP contribution in [-0.4, -0.2) is 59.2 Å². The highest BCUT2D eigenvalue weighted by molar-refractivity contribution is 8.15. The number of carbonyl (C=O) groups is 2. The molecule has 2 aromatic rings. The van der Waals surface area contributed by atoms with Crippen molar-refractivity contribution in [3.05, 3.63) is 42.1 Å². The summed E-state index contributed by atoms with van der Waals surface area (Å²) < 4.78 is 4.27. The predicted octanol–water partition coefficient (Wildman–Crippen LogP) is 1.14. The Labute approximate surface area is 162 Å². The lowest BCUT2D eigenvalue weighted by atomic mass is 10.2. The molecule has 0 radical (unpaired) electrons. The van der Waals surface area contributed by atoms with Gasteiger partial charge in [-0.1, -0.05) is 42.1 Å². The molecule has 0 saturated carbocycles. The molecule has 1 aromatic carbocycles. The van der Waals surface area contributed by atoms with Gasteiger partial charge in [0, 0.05) is 18.7 Å². The molecule has 8 nitrogen and oxygen atoms in total. The maximum absolute atomic E-state index is 12.6. The van der Waals surface area contributed by atoms with Crippen molar-refractivity contribution in [3.63, 3.8) is 0 Å². The van der Waals surface area contributed by atoms with Gasteiger partial charge in [0.15, 0.2) is 0 Å². The summed E-state index contributed by atoms with van der Waals surface area (Å²) in [6.45, 7) is 6.94. The molecule has 1 saturated heterocycles. The van der Waals surface area contributed by atoms with Gasteiger partial charge in [-0.3, -0.25) is 19.4 Å². The lowest BCUT2D eigenvalue weighted by Crippen LogP contribution is -2.64. The number of rotatable bonds is 5. The first-order chi connectivity index (χ1) is 12.8. The van der Waals surface area contributed by atoms with Crippen molar-refractivity contribution in [1.29, 1.82) is 0 Å². The van der Waals surface area contributed by atoms with Crippen LogP contribution in [-0.2, 0) is 4.79 Å². The van der Waals surface area contributed by atoms with Crippen molar-refractivity contribution in [1.82, 2.24) is 10.2 Å². The van der Waals surface area contributed by atoms with Crippen molar-refractivity contribution in [2.75, 3.05) is 43.6 Å². The Bertz CT molecular complexity index is 800. The van der Waals surface area contributed by atoms with Gasteiger partial charge in [0.25, 0.3) is 6.20 Å². The summed E-state index contributed by atoms with van der Waals surface area (Å²) in [5, 5.41) is 8.57. The molecule has 1 N–H and O–H groups in total. The number of carbonyl (C=O) groups excluding carboxylic acids is 2. The van der Waals surface area contributed by atoms with E-state index >= 15 is 0 Å². The summed E-state index contributed by atoms with van der Waals surface area (Å²) in [6.07, 6.45) is 1.64. The van der Waals surface area contributed by atoms with Crippen LogP contribution in [0.3, 0.4) is 0 Å². The van der Waals surface area contributed by atoms with Gasteiger partial charge in [0.05, 0.1) is 22.6 Å². The van der Waals surface area contributed by atoms with Crippen molar-refractivity contribution in [2.45, 2.75) is 18.6 Å². The van der Waals surface area contributed by atoms with Crippen LogP contribution in [0.15, 0.2) is 41.1 Å². The monoisotopic (exact) mass is 390 g/mol. The van der Waals surface area contributed by atoms with E-state index in [4.69, 9.17) is 4.52 Å². The van der Waals surface area contributed by atoms with Crippen LogP contribution in [0.5, 0.6) is 0 Å². The molecule has 0 aliphatic carbocycles. The highest BCUT2D eigenvalue weighted by atomic mass is 32.2. The number of anilines is 1. The van der Waals surface area contributed by atoms with Gasteiger partial charge in [-0.2, -0.15) is 5.01 Å². The number of thioether (sulfide) groups is 1. The number of hydrogen-bond donors (Lipinski definition) is 1. The van der Waals surface area contributed by atoms with E-state index in [9.17, 15) is 9.59 Å². The fraction of sp³-hybridized carbons (Fsp3) is 0.444. The minimum Gasteiger partial charge on any atom is -0.302 e. The molecule has 0 atom stereocenters. The largest absolute Gasteiger partial charge is 0.305 e. The van der Waals surface area contributed by atoms with Crippen molar-refractivity contribution in [3.8, 4) is 0 Å². The first-order valence-electron chi connectivity index (χ1n) is 8.77. The van der Waals surface area contributed by atoms with Crippen LogP contribution < -0.4 is 15.1 Å². The van der Waals surface area contributed by atoms with E-state index in [0.717, 1.165) is 37.9 Å². The molecule has 0 unspecified atom stereocenters. The third kappa shape index (κ3) is 4.86. The average molecular weight is 390 g/mol. The van der Waals surface area contributed by atoms with Crippen LogP contribution in [0.2, 0.25) is 0 Å². The molecule has 1 fully saturated rings. The summed E-state index contributed by atoms with van der Waals surface area (Å²) in [4.78, 5) is 28.9. The Kier molecular flexibility index (Phi) is 5.81. The summed E-state index contributed by atoms with van der Waals surface area (Å²) in [6, 6.07) is 8.91. The van der Waals surface area contributed by atoms with E-state index in [1.165, 1.54) is 0 Å². The van der Waals surface area contributed by atoms with E-state index in [1.54, 1.807) is 49.1 Å². The summed E-state index contributed by atoms with van der Waals surface area (Å²) >= 11 is 0.982. The standard InChI is InChI=1S/C18H23N5O3S/c1-18(2,27-16(24)14-7-5-4-6-8-14)17(25)19-15-13-23(20-26-15)22-11-9-21(3)10-12-22/h4-8,13H,9-12H2,1-3H3/p+1.